The molecule has 0 spiro atoms. The van der Waals surface area contributed by atoms with Gasteiger partial charge in [-0.15, -0.1) is 5.10 Å². The molecule has 0 aromatic carbocycles. The maximum atomic E-state index is 11.5. The molecule has 0 aliphatic heterocycles. The zero-order valence-corrected chi connectivity index (χ0v) is 9.00. The van der Waals surface area contributed by atoms with Crippen LogP contribution in [0.4, 0.5) is 5.82 Å². The van der Waals surface area contributed by atoms with E-state index in [-0.39, 0.29) is 12.5 Å². The van der Waals surface area contributed by atoms with Crippen molar-refractivity contribution in [1.82, 2.24) is 30.3 Å². The van der Waals surface area contributed by atoms with Gasteiger partial charge in [0.25, 0.3) is 0 Å². The summed E-state index contributed by atoms with van der Waals surface area (Å²) in [5.74, 6) is 0.566. The van der Waals surface area contributed by atoms with Gasteiger partial charge in [0.1, 0.15) is 0 Å². The molecule has 8 heteroatoms. The number of amides is 1. The molecule has 0 saturated heterocycles. The fourth-order valence-electron chi connectivity index (χ4n) is 1.47. The summed E-state index contributed by atoms with van der Waals surface area (Å²) in [6.45, 7) is 0.192. The van der Waals surface area contributed by atoms with Crippen molar-refractivity contribution >= 4 is 17.4 Å². The molecule has 88 valence electrons. The lowest BCUT2D eigenvalue weighted by Crippen LogP contribution is -2.31. The van der Waals surface area contributed by atoms with Crippen LogP contribution >= 0.6 is 0 Å². The number of nitrogens with one attached hydrogen (secondary N) is 2. The first-order valence-electron chi connectivity index (χ1n) is 5.38. The van der Waals surface area contributed by atoms with Crippen LogP contribution in [0.2, 0.25) is 0 Å². The summed E-state index contributed by atoms with van der Waals surface area (Å²) >= 11 is 0. The highest BCUT2D eigenvalue weighted by molar-refractivity contribution is 5.81. The highest BCUT2D eigenvalue weighted by atomic mass is 16.2. The molecule has 2 heterocycles. The summed E-state index contributed by atoms with van der Waals surface area (Å²) in [7, 11) is 0. The van der Waals surface area contributed by atoms with Gasteiger partial charge in [0.05, 0.1) is 18.9 Å². The van der Waals surface area contributed by atoms with Crippen molar-refractivity contribution in [2.45, 2.75) is 18.9 Å². The fraction of sp³-hybridized carbons (Fsp3) is 0.444. The molecule has 1 fully saturated rings. The van der Waals surface area contributed by atoms with E-state index in [4.69, 9.17) is 0 Å². The lowest BCUT2D eigenvalue weighted by atomic mass is 10.5. The maximum Gasteiger partial charge on any atom is 0.239 e. The van der Waals surface area contributed by atoms with Gasteiger partial charge in [0.2, 0.25) is 5.91 Å². The molecule has 3 rings (SSSR count). The lowest BCUT2D eigenvalue weighted by Gasteiger charge is -2.06. The predicted molar refractivity (Wildman–Crippen MR) is 58.2 cm³/mol. The Labute approximate surface area is 96.4 Å². The van der Waals surface area contributed by atoms with Gasteiger partial charge in [-0.2, -0.15) is 4.52 Å². The topological polar surface area (TPSA) is 97.1 Å². The smallest absolute Gasteiger partial charge is 0.239 e. The molecule has 0 unspecified atom stereocenters. The highest BCUT2D eigenvalue weighted by Crippen LogP contribution is 2.18. The van der Waals surface area contributed by atoms with Gasteiger partial charge in [-0.3, -0.25) is 9.78 Å². The summed E-state index contributed by atoms with van der Waals surface area (Å²) in [6, 6.07) is 0.367. The fourth-order valence-corrected chi connectivity index (χ4v) is 1.47. The molecule has 17 heavy (non-hydrogen) atoms. The first-order chi connectivity index (χ1) is 8.33. The van der Waals surface area contributed by atoms with E-state index >= 15 is 0 Å². The summed E-state index contributed by atoms with van der Waals surface area (Å²) in [5.41, 5.74) is 0.539. The van der Waals surface area contributed by atoms with Gasteiger partial charge in [-0.05, 0) is 23.3 Å². The number of hydrogen-bond donors (Lipinski definition) is 2. The quantitative estimate of drug-likeness (QED) is 0.718. The van der Waals surface area contributed by atoms with Crippen LogP contribution in [0.15, 0.2) is 12.4 Å². The number of rotatable bonds is 4. The Morgan fingerprint density at radius 2 is 2.35 bits per heavy atom. The molecule has 1 aliphatic carbocycles. The number of carbonyl (C=O) groups excluding carboxylic acids is 1. The number of tetrazole rings is 1. The van der Waals surface area contributed by atoms with Crippen molar-refractivity contribution in [1.29, 1.82) is 0 Å². The Balaban J connectivity index is 1.67. The van der Waals surface area contributed by atoms with Crippen molar-refractivity contribution in [2.75, 3.05) is 11.9 Å². The largest absolute Gasteiger partial charge is 0.360 e. The number of anilines is 1. The Hall–Kier alpha value is -2.25. The van der Waals surface area contributed by atoms with Crippen LogP contribution in [0, 0.1) is 0 Å². The second-order valence-corrected chi connectivity index (χ2v) is 3.94. The van der Waals surface area contributed by atoms with Crippen molar-refractivity contribution in [3.05, 3.63) is 12.4 Å². The van der Waals surface area contributed by atoms with Gasteiger partial charge >= 0.3 is 0 Å². The molecule has 1 saturated carbocycles. The number of carbonyl (C=O) groups is 1. The number of fused-ring (bicyclic) bond motifs is 1. The molecule has 0 radical (unpaired) electrons. The first kappa shape index (κ1) is 9.94. The normalized spacial score (nSPS) is 14.8. The first-order valence-corrected chi connectivity index (χ1v) is 5.38. The average Bonchev–Trinajstić information content (AvgIpc) is 3.00. The Kier molecular flexibility index (Phi) is 2.32. The van der Waals surface area contributed by atoms with E-state index in [0.29, 0.717) is 17.5 Å². The standard InChI is InChI=1S/C9H11N7O/c17-9(12-6-1-2-6)5-11-7-3-10-4-8-13-14-15-16(7)8/h3-4,6,11H,1-2,5H2,(H,12,17). The molecule has 2 aromatic rings. The van der Waals surface area contributed by atoms with E-state index in [1.54, 1.807) is 12.4 Å². The van der Waals surface area contributed by atoms with Crippen molar-refractivity contribution in [3.8, 4) is 0 Å². The summed E-state index contributed by atoms with van der Waals surface area (Å²) in [6.07, 6.45) is 5.29. The number of aromatic nitrogens is 5. The Bertz CT molecular complexity index is 547. The third-order valence-corrected chi connectivity index (χ3v) is 2.48. The van der Waals surface area contributed by atoms with Crippen LogP contribution < -0.4 is 10.6 Å². The van der Waals surface area contributed by atoms with E-state index in [1.165, 1.54) is 4.52 Å². The second kappa shape index (κ2) is 3.96. The third kappa shape index (κ3) is 2.14. The van der Waals surface area contributed by atoms with E-state index < -0.39 is 0 Å². The van der Waals surface area contributed by atoms with Crippen molar-refractivity contribution < 1.29 is 4.79 Å². The molecule has 8 nitrogen and oxygen atoms in total. The van der Waals surface area contributed by atoms with E-state index in [2.05, 4.69) is 31.1 Å². The summed E-state index contributed by atoms with van der Waals surface area (Å²) in [5, 5.41) is 16.9. The van der Waals surface area contributed by atoms with Crippen LogP contribution in [0.5, 0.6) is 0 Å². The third-order valence-electron chi connectivity index (χ3n) is 2.48. The van der Waals surface area contributed by atoms with Gasteiger partial charge in [-0.1, -0.05) is 0 Å². The minimum Gasteiger partial charge on any atom is -0.360 e. The summed E-state index contributed by atoms with van der Waals surface area (Å²) < 4.78 is 1.50. The van der Waals surface area contributed by atoms with E-state index in [1.807, 2.05) is 0 Å². The summed E-state index contributed by atoms with van der Waals surface area (Å²) in [4.78, 5) is 15.5. The average molecular weight is 233 g/mol. The van der Waals surface area contributed by atoms with Crippen LogP contribution in [0.3, 0.4) is 0 Å². The molecular weight excluding hydrogens is 222 g/mol. The molecule has 1 amide bonds. The van der Waals surface area contributed by atoms with E-state index in [9.17, 15) is 4.79 Å². The van der Waals surface area contributed by atoms with Crippen LogP contribution in [0.1, 0.15) is 12.8 Å². The molecule has 1 aliphatic rings. The molecular formula is C9H11N7O. The minimum absolute atomic E-state index is 0.0300. The zero-order valence-electron chi connectivity index (χ0n) is 9.00. The van der Waals surface area contributed by atoms with Crippen LogP contribution in [0.25, 0.3) is 5.65 Å². The van der Waals surface area contributed by atoms with Crippen molar-refractivity contribution in [3.63, 3.8) is 0 Å². The van der Waals surface area contributed by atoms with Crippen LogP contribution in [-0.4, -0.2) is 43.5 Å². The zero-order chi connectivity index (χ0) is 11.7. The van der Waals surface area contributed by atoms with Gasteiger partial charge in [0.15, 0.2) is 11.5 Å². The Morgan fingerprint density at radius 3 is 3.18 bits per heavy atom. The van der Waals surface area contributed by atoms with Gasteiger partial charge < -0.3 is 10.6 Å². The predicted octanol–water partition coefficient (Wildman–Crippen LogP) is -0.790. The lowest BCUT2D eigenvalue weighted by molar-refractivity contribution is -0.119. The number of hydrogen-bond acceptors (Lipinski definition) is 6. The van der Waals surface area contributed by atoms with Crippen molar-refractivity contribution in [2.24, 2.45) is 0 Å². The monoisotopic (exact) mass is 233 g/mol. The maximum absolute atomic E-state index is 11.5. The van der Waals surface area contributed by atoms with E-state index in [0.717, 1.165) is 12.8 Å². The SMILES string of the molecule is O=C(CNc1cncc2nnnn12)NC1CC1. The Morgan fingerprint density at radius 1 is 1.47 bits per heavy atom. The van der Waals surface area contributed by atoms with Gasteiger partial charge in [-0.25, -0.2) is 0 Å². The molecule has 2 N–H and O–H groups in total. The minimum atomic E-state index is -0.0300. The molecule has 2 aromatic heterocycles. The highest BCUT2D eigenvalue weighted by Gasteiger charge is 2.22. The molecule has 0 atom stereocenters. The van der Waals surface area contributed by atoms with Gasteiger partial charge in [0, 0.05) is 6.04 Å². The second-order valence-electron chi connectivity index (χ2n) is 3.94. The number of nitrogens with zero attached hydrogens (tertiary/aromatic N) is 5. The van der Waals surface area contributed by atoms with Crippen LogP contribution in [-0.2, 0) is 4.79 Å². The molecule has 0 bridgehead atoms.